The van der Waals surface area contributed by atoms with Crippen LogP contribution in [-0.4, -0.2) is 64.0 Å². The number of hydrogen-bond donors (Lipinski definition) is 1. The number of amides is 2. The van der Waals surface area contributed by atoms with Crippen LogP contribution >= 0.6 is 0 Å². The van der Waals surface area contributed by atoms with Gasteiger partial charge in [0.25, 0.3) is 0 Å². The number of anilines is 2. The van der Waals surface area contributed by atoms with Gasteiger partial charge in [0, 0.05) is 44.5 Å². The Morgan fingerprint density at radius 3 is 2.44 bits per heavy atom. The number of nitrogens with zero attached hydrogens (tertiary/aromatic N) is 5. The van der Waals surface area contributed by atoms with Gasteiger partial charge in [0.15, 0.2) is 0 Å². The fourth-order valence-corrected chi connectivity index (χ4v) is 5.95. The van der Waals surface area contributed by atoms with Gasteiger partial charge in [-0.1, -0.05) is 56.5 Å². The number of rotatable bonds is 2. The summed E-state index contributed by atoms with van der Waals surface area (Å²) in [6.07, 6.45) is 9.24. The summed E-state index contributed by atoms with van der Waals surface area (Å²) < 4.78 is 5.43. The summed E-state index contributed by atoms with van der Waals surface area (Å²) in [6.45, 7) is 11.2. The molecule has 0 radical (unpaired) electrons. The van der Waals surface area contributed by atoms with Crippen molar-refractivity contribution in [1.82, 2.24) is 19.8 Å². The molecule has 39 heavy (non-hydrogen) atoms. The number of carbonyl (C=O) groups is 2. The van der Waals surface area contributed by atoms with E-state index in [0.29, 0.717) is 17.8 Å². The van der Waals surface area contributed by atoms with Gasteiger partial charge in [0.1, 0.15) is 12.4 Å². The van der Waals surface area contributed by atoms with Gasteiger partial charge in [-0.15, -0.1) is 0 Å². The first-order valence-corrected chi connectivity index (χ1v) is 14.3. The van der Waals surface area contributed by atoms with Crippen LogP contribution in [0.15, 0.2) is 43.1 Å². The van der Waals surface area contributed by atoms with Gasteiger partial charge in [-0.25, -0.2) is 9.78 Å². The van der Waals surface area contributed by atoms with Crippen molar-refractivity contribution >= 4 is 23.8 Å². The van der Waals surface area contributed by atoms with E-state index in [1.165, 1.54) is 11.6 Å². The molecule has 0 saturated carbocycles. The number of benzene rings is 1. The van der Waals surface area contributed by atoms with E-state index in [0.717, 1.165) is 75.8 Å². The number of fused-ring (bicyclic) bond motifs is 10. The second-order valence-corrected chi connectivity index (χ2v) is 10.9. The molecule has 0 spiro atoms. The van der Waals surface area contributed by atoms with Crippen molar-refractivity contribution in [3.05, 3.63) is 59.8 Å². The molecule has 1 aromatic heterocycles. The van der Waals surface area contributed by atoms with Crippen molar-refractivity contribution in [2.45, 2.75) is 77.1 Å². The number of ether oxygens (including phenoxy) is 1. The highest BCUT2D eigenvalue weighted by atomic mass is 16.6. The highest BCUT2D eigenvalue weighted by molar-refractivity contribution is 5.89. The molecule has 3 atom stereocenters. The predicted molar refractivity (Wildman–Crippen MR) is 151 cm³/mol. The van der Waals surface area contributed by atoms with Crippen LogP contribution in [0, 0.1) is 0 Å². The SMILES string of the molecule is C=CC(=O)N1CCN(C2CCCCCC[C@H](C)N3C(=O)OCc4cnc(nc43)N[C@@H](C)c3ccc2cc3)CC1. The Kier molecular flexibility index (Phi) is 8.45. The first-order chi connectivity index (χ1) is 18.9. The summed E-state index contributed by atoms with van der Waals surface area (Å²) in [6, 6.07) is 9.16. The quantitative estimate of drug-likeness (QED) is 0.530. The Labute approximate surface area is 231 Å². The molecule has 5 heterocycles. The van der Waals surface area contributed by atoms with E-state index < -0.39 is 0 Å². The molecule has 1 aromatic carbocycles. The summed E-state index contributed by atoms with van der Waals surface area (Å²) in [5.74, 6) is 1.17. The Morgan fingerprint density at radius 1 is 1.03 bits per heavy atom. The minimum atomic E-state index is -0.338. The summed E-state index contributed by atoms with van der Waals surface area (Å²) >= 11 is 0. The van der Waals surface area contributed by atoms with Crippen LogP contribution in [0.2, 0.25) is 0 Å². The van der Waals surface area contributed by atoms with Crippen molar-refractivity contribution in [3.8, 4) is 0 Å². The van der Waals surface area contributed by atoms with Crippen LogP contribution in [0.5, 0.6) is 0 Å². The maximum absolute atomic E-state index is 12.7. The Bertz CT molecular complexity index is 1180. The first kappa shape index (κ1) is 27.1. The van der Waals surface area contributed by atoms with Crippen molar-refractivity contribution in [2.75, 3.05) is 36.4 Å². The van der Waals surface area contributed by atoms with Crippen molar-refractivity contribution in [1.29, 1.82) is 0 Å². The van der Waals surface area contributed by atoms with E-state index in [1.54, 1.807) is 11.1 Å². The predicted octanol–water partition coefficient (Wildman–Crippen LogP) is 5.22. The van der Waals surface area contributed by atoms with Crippen molar-refractivity contribution in [2.24, 2.45) is 0 Å². The summed E-state index contributed by atoms with van der Waals surface area (Å²) in [7, 11) is 0. The number of piperazine rings is 1. The second kappa shape index (κ2) is 12.2. The van der Waals surface area contributed by atoms with Crippen LogP contribution in [-0.2, 0) is 16.1 Å². The average molecular weight is 533 g/mol. The van der Waals surface area contributed by atoms with E-state index in [2.05, 4.69) is 59.9 Å². The zero-order chi connectivity index (χ0) is 27.4. The molecule has 4 bridgehead atoms. The lowest BCUT2D eigenvalue weighted by molar-refractivity contribution is -0.128. The molecule has 1 fully saturated rings. The minimum absolute atomic E-state index is 0.00950. The van der Waals surface area contributed by atoms with Crippen LogP contribution in [0.25, 0.3) is 0 Å². The number of aromatic nitrogens is 2. The van der Waals surface area contributed by atoms with Gasteiger partial charge < -0.3 is 15.0 Å². The van der Waals surface area contributed by atoms with Gasteiger partial charge in [0.2, 0.25) is 11.9 Å². The van der Waals surface area contributed by atoms with Gasteiger partial charge in [-0.3, -0.25) is 14.6 Å². The molecule has 2 aromatic rings. The third kappa shape index (κ3) is 6.08. The summed E-state index contributed by atoms with van der Waals surface area (Å²) in [5, 5.41) is 3.43. The Hall–Kier alpha value is -3.46. The Balaban J connectivity index is 1.38. The zero-order valence-electron chi connectivity index (χ0n) is 23.1. The monoisotopic (exact) mass is 532 g/mol. The first-order valence-electron chi connectivity index (χ1n) is 14.3. The van der Waals surface area contributed by atoms with Gasteiger partial charge in [0.05, 0.1) is 11.6 Å². The van der Waals surface area contributed by atoms with E-state index in [-0.39, 0.29) is 30.7 Å². The van der Waals surface area contributed by atoms with Crippen molar-refractivity contribution < 1.29 is 14.3 Å². The summed E-state index contributed by atoms with van der Waals surface area (Å²) in [4.78, 5) is 40.2. The molecule has 1 unspecified atom stereocenters. The smallest absolute Gasteiger partial charge is 0.416 e. The zero-order valence-corrected chi connectivity index (χ0v) is 23.1. The lowest BCUT2D eigenvalue weighted by Crippen LogP contribution is -2.49. The van der Waals surface area contributed by atoms with E-state index >= 15 is 0 Å². The third-order valence-electron chi connectivity index (χ3n) is 8.32. The number of carbonyl (C=O) groups excluding carboxylic acids is 2. The second-order valence-electron chi connectivity index (χ2n) is 10.9. The van der Waals surface area contributed by atoms with Gasteiger partial charge >= 0.3 is 6.09 Å². The molecule has 6 rings (SSSR count). The molecule has 2 amide bonds. The minimum Gasteiger partial charge on any atom is -0.444 e. The fourth-order valence-electron chi connectivity index (χ4n) is 5.95. The normalized spacial score (nSPS) is 24.8. The molecule has 1 N–H and O–H groups in total. The molecule has 9 heteroatoms. The number of hydrogen-bond acceptors (Lipinski definition) is 7. The third-order valence-corrected chi connectivity index (χ3v) is 8.32. The molecular formula is C30H40N6O3. The number of nitrogens with one attached hydrogen (secondary N) is 1. The van der Waals surface area contributed by atoms with Gasteiger partial charge in [-0.2, -0.15) is 4.98 Å². The summed E-state index contributed by atoms with van der Waals surface area (Å²) in [5.41, 5.74) is 3.30. The van der Waals surface area contributed by atoms with E-state index in [4.69, 9.17) is 9.72 Å². The topological polar surface area (TPSA) is 90.9 Å². The maximum Gasteiger partial charge on any atom is 0.416 e. The van der Waals surface area contributed by atoms with Crippen LogP contribution < -0.4 is 10.2 Å². The molecule has 4 aliphatic rings. The van der Waals surface area contributed by atoms with Crippen molar-refractivity contribution in [3.63, 3.8) is 0 Å². The van der Waals surface area contributed by atoms with Gasteiger partial charge in [-0.05, 0) is 43.9 Å². The Morgan fingerprint density at radius 2 is 1.72 bits per heavy atom. The van der Waals surface area contributed by atoms with Crippen LogP contribution in [0.1, 0.15) is 81.1 Å². The molecule has 1 saturated heterocycles. The maximum atomic E-state index is 12.7. The molecule has 0 aliphatic carbocycles. The van der Waals surface area contributed by atoms with Crippen LogP contribution in [0.4, 0.5) is 16.6 Å². The lowest BCUT2D eigenvalue weighted by Gasteiger charge is -2.39. The molecule has 208 valence electrons. The number of cyclic esters (lactones) is 1. The standard InChI is InChI=1S/C30H40N6O3/c1-4-27(37)35-17-15-34(16-18-35)26-10-8-6-5-7-9-21(2)36-28-25(20-39-30(36)38)19-31-29(33-28)32-22(3)23-11-13-24(26)14-12-23/h4,11-14,19,21-22,26H,1,5-10,15-18,20H2,2-3H3,(H,31,32,33)/t21-,22-,26?/m0/s1. The van der Waals surface area contributed by atoms with Crippen LogP contribution in [0.3, 0.4) is 0 Å². The molecule has 9 nitrogen and oxygen atoms in total. The van der Waals surface area contributed by atoms with E-state index in [1.807, 2.05) is 4.90 Å². The fraction of sp³-hybridized carbons (Fsp3) is 0.533. The largest absolute Gasteiger partial charge is 0.444 e. The lowest BCUT2D eigenvalue weighted by atomic mass is 9.95. The highest BCUT2D eigenvalue weighted by Crippen LogP contribution is 2.32. The molecule has 4 aliphatic heterocycles. The average Bonchev–Trinajstić information content (AvgIpc) is 2.96. The van der Waals surface area contributed by atoms with E-state index in [9.17, 15) is 9.59 Å². The highest BCUT2D eigenvalue weighted by Gasteiger charge is 2.32. The molecular weight excluding hydrogens is 492 g/mol.